The Morgan fingerprint density at radius 1 is 0.947 bits per heavy atom. The predicted molar refractivity (Wildman–Crippen MR) is 76.3 cm³/mol. The van der Waals surface area contributed by atoms with Crippen LogP contribution >= 0.6 is 0 Å². The Kier molecular flexibility index (Phi) is 4.20. The maximum atomic E-state index is 10.4. The van der Waals surface area contributed by atoms with Gasteiger partial charge in [0.1, 0.15) is 0 Å². The molecule has 100 valence electrons. The Labute approximate surface area is 113 Å². The monoisotopic (exact) mass is 257 g/mol. The molecule has 1 unspecified atom stereocenters. The van der Waals surface area contributed by atoms with E-state index in [1.165, 1.54) is 0 Å². The van der Waals surface area contributed by atoms with Gasteiger partial charge in [-0.05, 0) is 24.6 Å². The second kappa shape index (κ2) is 5.87. The van der Waals surface area contributed by atoms with Gasteiger partial charge in [0.2, 0.25) is 0 Å². The van der Waals surface area contributed by atoms with E-state index in [9.17, 15) is 10.3 Å². The molecule has 0 bridgehead atoms. The Hall–Kier alpha value is -1.84. The number of hydroxylamine groups is 1. The van der Waals surface area contributed by atoms with Crippen molar-refractivity contribution in [3.63, 3.8) is 0 Å². The molecule has 2 aromatic rings. The minimum Gasteiger partial charge on any atom is -0.394 e. The number of aliphatic hydroxyl groups is 1. The topological polar surface area (TPSA) is 43.7 Å². The molecule has 0 aliphatic carbocycles. The average Bonchev–Trinajstić information content (AvgIpc) is 2.48. The molecule has 1 atom stereocenters. The van der Waals surface area contributed by atoms with E-state index in [4.69, 9.17) is 0 Å². The second-order valence-electron chi connectivity index (χ2n) is 4.96. The predicted octanol–water partition coefficient (Wildman–Crippen LogP) is 2.88. The van der Waals surface area contributed by atoms with E-state index >= 15 is 0 Å². The van der Waals surface area contributed by atoms with Crippen molar-refractivity contribution in [1.82, 2.24) is 0 Å². The van der Waals surface area contributed by atoms with Gasteiger partial charge in [-0.25, -0.2) is 5.06 Å². The third kappa shape index (κ3) is 3.13. The molecule has 0 saturated carbocycles. The SMILES string of the molecule is CC(CO)(Cc1ccccc1)N(O)c1ccccc1. The summed E-state index contributed by atoms with van der Waals surface area (Å²) in [6.45, 7) is 1.71. The molecule has 2 aromatic carbocycles. The molecular formula is C16H19NO2. The number of rotatable bonds is 5. The normalized spacial score (nSPS) is 13.8. The summed E-state index contributed by atoms with van der Waals surface area (Å²) in [4.78, 5) is 0. The average molecular weight is 257 g/mol. The smallest absolute Gasteiger partial charge is 0.0913 e. The fourth-order valence-electron chi connectivity index (χ4n) is 2.11. The number of benzene rings is 2. The van der Waals surface area contributed by atoms with E-state index in [1.54, 1.807) is 0 Å². The molecule has 0 radical (unpaired) electrons. The van der Waals surface area contributed by atoms with Gasteiger partial charge in [-0.2, -0.15) is 0 Å². The first-order valence-corrected chi connectivity index (χ1v) is 6.35. The van der Waals surface area contributed by atoms with Crippen LogP contribution in [0, 0.1) is 0 Å². The molecule has 0 aliphatic heterocycles. The molecule has 2 rings (SSSR count). The van der Waals surface area contributed by atoms with Crippen LogP contribution in [-0.4, -0.2) is 22.5 Å². The van der Waals surface area contributed by atoms with Gasteiger partial charge in [0.15, 0.2) is 0 Å². The number of hydrogen-bond acceptors (Lipinski definition) is 3. The lowest BCUT2D eigenvalue weighted by atomic mass is 9.92. The van der Waals surface area contributed by atoms with Crippen molar-refractivity contribution in [3.8, 4) is 0 Å². The van der Waals surface area contributed by atoms with Crippen molar-refractivity contribution in [3.05, 3.63) is 66.2 Å². The van der Waals surface area contributed by atoms with Gasteiger partial charge in [0, 0.05) is 6.42 Å². The number of hydrogen-bond donors (Lipinski definition) is 2. The fourth-order valence-corrected chi connectivity index (χ4v) is 2.11. The number of para-hydroxylation sites is 1. The van der Waals surface area contributed by atoms with Crippen LogP contribution < -0.4 is 5.06 Å². The highest BCUT2D eigenvalue weighted by atomic mass is 16.5. The zero-order valence-electron chi connectivity index (χ0n) is 11.0. The third-order valence-corrected chi connectivity index (χ3v) is 3.28. The molecular weight excluding hydrogens is 238 g/mol. The highest BCUT2D eigenvalue weighted by Gasteiger charge is 2.31. The molecule has 0 amide bonds. The van der Waals surface area contributed by atoms with E-state index in [-0.39, 0.29) is 6.61 Å². The van der Waals surface area contributed by atoms with E-state index in [0.29, 0.717) is 12.1 Å². The lowest BCUT2D eigenvalue weighted by Crippen LogP contribution is -2.49. The van der Waals surface area contributed by atoms with E-state index in [1.807, 2.05) is 67.6 Å². The maximum absolute atomic E-state index is 10.4. The van der Waals surface area contributed by atoms with Crippen LogP contribution in [0.5, 0.6) is 0 Å². The van der Waals surface area contributed by atoms with Crippen molar-refractivity contribution >= 4 is 5.69 Å². The summed E-state index contributed by atoms with van der Waals surface area (Å²) in [5.41, 5.74) is 1.01. The van der Waals surface area contributed by atoms with E-state index in [0.717, 1.165) is 10.6 Å². The second-order valence-corrected chi connectivity index (χ2v) is 4.96. The Balaban J connectivity index is 2.22. The Bertz CT molecular complexity index is 501. The minimum atomic E-state index is -0.747. The summed E-state index contributed by atoms with van der Waals surface area (Å²) in [6.07, 6.45) is 0.565. The van der Waals surface area contributed by atoms with E-state index in [2.05, 4.69) is 0 Å². The molecule has 0 aliphatic rings. The third-order valence-electron chi connectivity index (χ3n) is 3.28. The first kappa shape index (κ1) is 13.6. The van der Waals surface area contributed by atoms with Crippen LogP contribution in [-0.2, 0) is 6.42 Å². The molecule has 0 fully saturated rings. The zero-order chi connectivity index (χ0) is 13.7. The summed E-state index contributed by atoms with van der Waals surface area (Å²) in [7, 11) is 0. The first-order valence-electron chi connectivity index (χ1n) is 6.35. The van der Waals surface area contributed by atoms with Gasteiger partial charge in [-0.3, -0.25) is 5.21 Å². The van der Waals surface area contributed by atoms with Gasteiger partial charge in [0.25, 0.3) is 0 Å². The molecule has 0 spiro atoms. The maximum Gasteiger partial charge on any atom is 0.0913 e. The van der Waals surface area contributed by atoms with Crippen LogP contribution in [0.3, 0.4) is 0 Å². The van der Waals surface area contributed by atoms with Crippen molar-refractivity contribution in [1.29, 1.82) is 0 Å². The van der Waals surface area contributed by atoms with Crippen molar-refractivity contribution in [2.24, 2.45) is 0 Å². The largest absolute Gasteiger partial charge is 0.394 e. The van der Waals surface area contributed by atoms with Gasteiger partial charge in [-0.1, -0.05) is 48.5 Å². The lowest BCUT2D eigenvalue weighted by molar-refractivity contribution is 0.0995. The highest BCUT2D eigenvalue weighted by Crippen LogP contribution is 2.25. The zero-order valence-corrected chi connectivity index (χ0v) is 11.0. The van der Waals surface area contributed by atoms with Gasteiger partial charge in [0.05, 0.1) is 17.8 Å². The first-order chi connectivity index (χ1) is 9.15. The molecule has 0 aromatic heterocycles. The van der Waals surface area contributed by atoms with Crippen LogP contribution in [0.25, 0.3) is 0 Å². The molecule has 0 saturated heterocycles. The minimum absolute atomic E-state index is 0.132. The molecule has 19 heavy (non-hydrogen) atoms. The van der Waals surface area contributed by atoms with Crippen LogP contribution in [0.2, 0.25) is 0 Å². The van der Waals surface area contributed by atoms with Crippen molar-refractivity contribution in [2.45, 2.75) is 18.9 Å². The lowest BCUT2D eigenvalue weighted by Gasteiger charge is -2.37. The van der Waals surface area contributed by atoms with Crippen LogP contribution in [0.15, 0.2) is 60.7 Å². The van der Waals surface area contributed by atoms with Crippen LogP contribution in [0.4, 0.5) is 5.69 Å². The summed E-state index contributed by atoms with van der Waals surface area (Å²) in [5, 5.41) is 21.2. The Morgan fingerprint density at radius 2 is 1.47 bits per heavy atom. The summed E-state index contributed by atoms with van der Waals surface area (Å²) >= 11 is 0. The Morgan fingerprint density at radius 3 is 2.00 bits per heavy atom. The van der Waals surface area contributed by atoms with Gasteiger partial charge >= 0.3 is 0 Å². The van der Waals surface area contributed by atoms with Gasteiger partial charge in [-0.15, -0.1) is 0 Å². The van der Waals surface area contributed by atoms with Crippen molar-refractivity contribution < 1.29 is 10.3 Å². The fraction of sp³-hybridized carbons (Fsp3) is 0.250. The van der Waals surface area contributed by atoms with Gasteiger partial charge < -0.3 is 5.11 Å². The van der Waals surface area contributed by atoms with E-state index < -0.39 is 5.54 Å². The number of nitrogens with zero attached hydrogens (tertiary/aromatic N) is 1. The van der Waals surface area contributed by atoms with Crippen LogP contribution in [0.1, 0.15) is 12.5 Å². The molecule has 3 nitrogen and oxygen atoms in total. The molecule has 3 heteroatoms. The summed E-state index contributed by atoms with van der Waals surface area (Å²) in [5.74, 6) is 0. The van der Waals surface area contributed by atoms with Crippen molar-refractivity contribution in [2.75, 3.05) is 11.7 Å². The number of anilines is 1. The molecule has 0 heterocycles. The quantitative estimate of drug-likeness (QED) is 0.809. The molecule has 2 N–H and O–H groups in total. The summed E-state index contributed by atoms with van der Waals surface area (Å²) < 4.78 is 0. The highest BCUT2D eigenvalue weighted by molar-refractivity contribution is 5.46. The summed E-state index contributed by atoms with van der Waals surface area (Å²) in [6, 6.07) is 19.1. The number of aliphatic hydroxyl groups excluding tert-OH is 1. The standard InChI is InChI=1S/C16H19NO2/c1-16(13-18,12-14-8-4-2-5-9-14)17(19)15-10-6-3-7-11-15/h2-11,18-19H,12-13H2,1H3.